The van der Waals surface area contributed by atoms with Crippen molar-refractivity contribution < 1.29 is 24.2 Å². The number of ether oxygens (including phenoxy) is 2. The molecule has 2 heterocycles. The number of benzene rings is 2. The average molecular weight is 622 g/mol. The molecular weight excluding hydrogens is 578 g/mol. The number of hydrogen-bond donors (Lipinski definition) is 2. The van der Waals surface area contributed by atoms with Crippen LogP contribution in [-0.4, -0.2) is 33.6 Å². The van der Waals surface area contributed by atoms with E-state index >= 15 is 0 Å². The Morgan fingerprint density at radius 2 is 1.72 bits per heavy atom. The lowest BCUT2D eigenvalue weighted by molar-refractivity contribution is -0.151. The van der Waals surface area contributed by atoms with Crippen LogP contribution in [0.2, 0.25) is 0 Å². The number of carbonyl (C=O) groups excluding carboxylic acids is 1. The third-order valence-corrected chi connectivity index (χ3v) is 8.18. The minimum atomic E-state index is -1.05. The molecule has 240 valence electrons. The first kappa shape index (κ1) is 33.9. The number of aliphatic carboxylic acids is 1. The third kappa shape index (κ3) is 10.0. The summed E-state index contributed by atoms with van der Waals surface area (Å²) in [6, 6.07) is 23.4. The molecule has 8 heteroatoms. The molecule has 0 spiro atoms. The van der Waals surface area contributed by atoms with Gasteiger partial charge in [-0.15, -0.1) is 0 Å². The highest BCUT2D eigenvalue weighted by Crippen LogP contribution is 2.31. The van der Waals surface area contributed by atoms with Gasteiger partial charge in [0.2, 0.25) is 11.8 Å². The van der Waals surface area contributed by atoms with Crippen molar-refractivity contribution in [3.05, 3.63) is 113 Å². The van der Waals surface area contributed by atoms with Crippen molar-refractivity contribution in [3.63, 3.8) is 0 Å². The van der Waals surface area contributed by atoms with Crippen molar-refractivity contribution in [2.75, 3.05) is 11.9 Å². The van der Waals surface area contributed by atoms with Gasteiger partial charge in [-0.05, 0) is 92.1 Å². The van der Waals surface area contributed by atoms with Crippen molar-refractivity contribution in [2.24, 2.45) is 5.41 Å². The van der Waals surface area contributed by atoms with E-state index in [4.69, 9.17) is 9.47 Å². The van der Waals surface area contributed by atoms with Crippen LogP contribution in [0.1, 0.15) is 73.9 Å². The number of amides is 1. The highest BCUT2D eigenvalue weighted by atomic mass is 16.5. The molecule has 0 aliphatic carbocycles. The molecule has 2 aromatic heterocycles. The van der Waals surface area contributed by atoms with Gasteiger partial charge in [-0.25, -0.2) is 4.98 Å². The van der Waals surface area contributed by atoms with Crippen LogP contribution in [0, 0.1) is 12.3 Å². The largest absolute Gasteiger partial charge is 0.489 e. The zero-order valence-corrected chi connectivity index (χ0v) is 26.9. The van der Waals surface area contributed by atoms with Crippen LogP contribution in [0.25, 0.3) is 12.2 Å². The van der Waals surface area contributed by atoms with Gasteiger partial charge in [-0.2, -0.15) is 0 Å². The van der Waals surface area contributed by atoms with Gasteiger partial charge in [0, 0.05) is 36.1 Å². The smallest absolute Gasteiger partial charge is 0.310 e. The van der Waals surface area contributed by atoms with Crippen LogP contribution in [0.5, 0.6) is 11.6 Å². The number of anilines is 1. The first-order valence-electron chi connectivity index (χ1n) is 15.8. The summed E-state index contributed by atoms with van der Waals surface area (Å²) in [5, 5.41) is 12.5. The van der Waals surface area contributed by atoms with E-state index in [0.29, 0.717) is 37.6 Å². The van der Waals surface area contributed by atoms with E-state index in [1.807, 2.05) is 79.9 Å². The molecule has 2 N–H and O–H groups in total. The number of pyridine rings is 2. The summed E-state index contributed by atoms with van der Waals surface area (Å²) in [4.78, 5) is 33.3. The molecule has 2 aromatic carbocycles. The van der Waals surface area contributed by atoms with Crippen molar-refractivity contribution >= 4 is 29.7 Å². The van der Waals surface area contributed by atoms with Gasteiger partial charge < -0.3 is 19.9 Å². The fourth-order valence-corrected chi connectivity index (χ4v) is 5.07. The lowest BCUT2D eigenvalue weighted by atomic mass is 9.79. The molecule has 0 saturated heterocycles. The number of aryl methyl sites for hydroxylation is 2. The maximum atomic E-state index is 12.7. The van der Waals surface area contributed by atoms with Gasteiger partial charge >= 0.3 is 5.97 Å². The number of nitrogens with one attached hydrogen (secondary N) is 1. The maximum Gasteiger partial charge on any atom is 0.310 e. The molecule has 0 fully saturated rings. The number of nitrogens with zero attached hydrogens (tertiary/aromatic N) is 2. The SMILES string of the molecule is CCC(CC)(CC(=O)Nc1cccc(/C=C/c2nc(OCCCCc3ccc(OCc4cccnc4)cc3)ccc2C)c1)C(=O)O. The summed E-state index contributed by atoms with van der Waals surface area (Å²) < 4.78 is 11.8. The van der Waals surface area contributed by atoms with Crippen LogP contribution in [0.4, 0.5) is 5.69 Å². The molecule has 0 radical (unpaired) electrons. The summed E-state index contributed by atoms with van der Waals surface area (Å²) in [5.74, 6) is 0.169. The zero-order chi connectivity index (χ0) is 32.8. The Morgan fingerprint density at radius 1 is 0.913 bits per heavy atom. The highest BCUT2D eigenvalue weighted by molar-refractivity contribution is 5.94. The van der Waals surface area contributed by atoms with Gasteiger partial charge in [0.25, 0.3) is 0 Å². The Bertz CT molecular complexity index is 1600. The minimum absolute atomic E-state index is 0.0677. The second kappa shape index (κ2) is 16.9. The van der Waals surface area contributed by atoms with Crippen LogP contribution >= 0.6 is 0 Å². The summed E-state index contributed by atoms with van der Waals surface area (Å²) in [6.07, 6.45) is 11.0. The van der Waals surface area contributed by atoms with Crippen LogP contribution < -0.4 is 14.8 Å². The van der Waals surface area contributed by atoms with E-state index in [1.54, 1.807) is 26.1 Å². The summed E-state index contributed by atoms with van der Waals surface area (Å²) in [6.45, 7) is 6.68. The van der Waals surface area contributed by atoms with E-state index in [2.05, 4.69) is 27.4 Å². The van der Waals surface area contributed by atoms with E-state index in [9.17, 15) is 14.7 Å². The molecule has 4 aromatic rings. The molecule has 0 unspecified atom stereocenters. The predicted octanol–water partition coefficient (Wildman–Crippen LogP) is 8.16. The molecule has 0 aliphatic rings. The zero-order valence-electron chi connectivity index (χ0n) is 26.9. The number of carboxylic acid groups (broad SMARTS) is 1. The van der Waals surface area contributed by atoms with Gasteiger partial charge in [0.1, 0.15) is 12.4 Å². The topological polar surface area (TPSA) is 111 Å². The first-order chi connectivity index (χ1) is 22.3. The summed E-state index contributed by atoms with van der Waals surface area (Å²) in [5.41, 5.74) is 4.56. The normalized spacial score (nSPS) is 11.4. The van der Waals surface area contributed by atoms with Crippen molar-refractivity contribution in [1.82, 2.24) is 9.97 Å². The van der Waals surface area contributed by atoms with E-state index < -0.39 is 11.4 Å². The Labute approximate surface area is 271 Å². The molecular formula is C38H43N3O5. The van der Waals surface area contributed by atoms with Gasteiger partial charge in [-0.3, -0.25) is 14.6 Å². The van der Waals surface area contributed by atoms with Crippen LogP contribution in [-0.2, 0) is 22.6 Å². The fraction of sp³-hybridized carbons (Fsp3) is 0.316. The fourth-order valence-electron chi connectivity index (χ4n) is 5.07. The van der Waals surface area contributed by atoms with Crippen molar-refractivity contribution in [1.29, 1.82) is 0 Å². The average Bonchev–Trinajstić information content (AvgIpc) is 3.07. The number of hydrogen-bond acceptors (Lipinski definition) is 6. The second-order valence-corrected chi connectivity index (χ2v) is 11.4. The number of unbranched alkanes of at least 4 members (excludes halogenated alkanes) is 1. The van der Waals surface area contributed by atoms with E-state index in [1.165, 1.54) is 5.56 Å². The molecule has 46 heavy (non-hydrogen) atoms. The van der Waals surface area contributed by atoms with Crippen LogP contribution in [0.3, 0.4) is 0 Å². The van der Waals surface area contributed by atoms with Gasteiger partial charge in [-0.1, -0.05) is 56.3 Å². The van der Waals surface area contributed by atoms with E-state index in [0.717, 1.165) is 47.4 Å². The predicted molar refractivity (Wildman–Crippen MR) is 182 cm³/mol. The molecule has 0 aliphatic heterocycles. The highest BCUT2D eigenvalue weighted by Gasteiger charge is 2.37. The Balaban J connectivity index is 1.23. The quantitative estimate of drug-likeness (QED) is 0.114. The lowest BCUT2D eigenvalue weighted by Gasteiger charge is -2.25. The number of carboxylic acids is 1. The Morgan fingerprint density at radius 3 is 2.43 bits per heavy atom. The number of rotatable bonds is 17. The maximum absolute atomic E-state index is 12.7. The molecule has 8 nitrogen and oxygen atoms in total. The molecule has 4 rings (SSSR count). The Kier molecular flexibility index (Phi) is 12.5. The van der Waals surface area contributed by atoms with Crippen molar-refractivity contribution in [2.45, 2.75) is 65.9 Å². The van der Waals surface area contributed by atoms with Crippen molar-refractivity contribution in [3.8, 4) is 11.6 Å². The lowest BCUT2D eigenvalue weighted by Crippen LogP contribution is -2.34. The number of aromatic nitrogens is 2. The van der Waals surface area contributed by atoms with Gasteiger partial charge in [0.15, 0.2) is 0 Å². The van der Waals surface area contributed by atoms with E-state index in [-0.39, 0.29) is 12.3 Å². The molecule has 1 amide bonds. The second-order valence-electron chi connectivity index (χ2n) is 11.4. The standard InChI is InChI=1S/C38H43N3O5/c1-4-38(5-2,37(43)44)25-35(42)40-32-13-8-11-30(24-32)17-20-34-28(3)14-21-36(41-34)45-23-7-6-10-29-15-18-33(19-16-29)46-27-31-12-9-22-39-26-31/h8-9,11-22,24,26H,4-7,10,23,25,27H2,1-3H3,(H,40,42)(H,43,44)/b20-17+. The monoisotopic (exact) mass is 621 g/mol. The number of carbonyl (C=O) groups is 2. The van der Waals surface area contributed by atoms with Gasteiger partial charge in [0.05, 0.1) is 17.7 Å². The summed E-state index contributed by atoms with van der Waals surface area (Å²) in [7, 11) is 0. The molecule has 0 atom stereocenters. The molecule has 0 saturated carbocycles. The first-order valence-corrected chi connectivity index (χ1v) is 15.8. The Hall–Kier alpha value is -4.98. The van der Waals surface area contributed by atoms with Crippen LogP contribution in [0.15, 0.2) is 85.2 Å². The summed E-state index contributed by atoms with van der Waals surface area (Å²) >= 11 is 0. The minimum Gasteiger partial charge on any atom is -0.489 e. The third-order valence-electron chi connectivity index (χ3n) is 8.18. The molecule has 0 bridgehead atoms.